The SMILES string of the molecule is CCC1(CO)CCN(C(=O)NC(C)CCN(C)C)CC1. The summed E-state index contributed by atoms with van der Waals surface area (Å²) in [4.78, 5) is 16.2. The lowest BCUT2D eigenvalue weighted by molar-refractivity contribution is 0.0515. The molecule has 1 unspecified atom stereocenters. The molecule has 1 heterocycles. The monoisotopic (exact) mass is 285 g/mol. The van der Waals surface area contributed by atoms with Gasteiger partial charge in [-0.05, 0) is 58.7 Å². The Morgan fingerprint density at radius 1 is 1.40 bits per heavy atom. The normalized spacial score (nSPS) is 20.0. The fraction of sp³-hybridized carbons (Fsp3) is 0.933. The number of carbonyl (C=O) groups is 1. The molecule has 0 bridgehead atoms. The van der Waals surface area contributed by atoms with Crippen LogP contribution in [0.1, 0.15) is 39.5 Å². The molecule has 1 saturated heterocycles. The van der Waals surface area contributed by atoms with Crippen molar-refractivity contribution in [2.45, 2.75) is 45.6 Å². The van der Waals surface area contributed by atoms with Gasteiger partial charge in [-0.1, -0.05) is 6.92 Å². The lowest BCUT2D eigenvalue weighted by atomic mass is 9.77. The molecular weight excluding hydrogens is 254 g/mol. The van der Waals surface area contributed by atoms with E-state index in [1.165, 1.54) is 0 Å². The molecule has 0 aromatic carbocycles. The Kier molecular flexibility index (Phi) is 6.76. The molecule has 1 aliphatic rings. The Bertz CT molecular complexity index is 293. The van der Waals surface area contributed by atoms with Crippen molar-refractivity contribution in [1.29, 1.82) is 0 Å². The third-order valence-corrected chi connectivity index (χ3v) is 4.58. The van der Waals surface area contributed by atoms with Crippen molar-refractivity contribution in [3.8, 4) is 0 Å². The highest BCUT2D eigenvalue weighted by atomic mass is 16.3. The summed E-state index contributed by atoms with van der Waals surface area (Å²) in [6.45, 7) is 6.88. The number of nitrogens with one attached hydrogen (secondary N) is 1. The van der Waals surface area contributed by atoms with Gasteiger partial charge < -0.3 is 20.2 Å². The average Bonchev–Trinajstić information content (AvgIpc) is 2.45. The van der Waals surface area contributed by atoms with Crippen LogP contribution >= 0.6 is 0 Å². The second-order valence-electron chi connectivity index (χ2n) is 6.44. The van der Waals surface area contributed by atoms with Gasteiger partial charge in [-0.25, -0.2) is 4.79 Å². The minimum absolute atomic E-state index is 0.0350. The summed E-state index contributed by atoms with van der Waals surface area (Å²) in [5.74, 6) is 0. The minimum atomic E-state index is 0.0350. The summed E-state index contributed by atoms with van der Waals surface area (Å²) in [5.41, 5.74) is 0.0350. The molecule has 0 aromatic heterocycles. The summed E-state index contributed by atoms with van der Waals surface area (Å²) >= 11 is 0. The lowest BCUT2D eigenvalue weighted by Crippen LogP contribution is -2.50. The van der Waals surface area contributed by atoms with Gasteiger partial charge >= 0.3 is 6.03 Å². The molecule has 1 rings (SSSR count). The van der Waals surface area contributed by atoms with Gasteiger partial charge in [0, 0.05) is 25.7 Å². The van der Waals surface area contributed by atoms with Crippen LogP contribution in [0.4, 0.5) is 4.79 Å². The number of amides is 2. The van der Waals surface area contributed by atoms with Gasteiger partial charge in [-0.3, -0.25) is 0 Å². The van der Waals surface area contributed by atoms with Gasteiger partial charge in [0.1, 0.15) is 0 Å². The zero-order valence-corrected chi connectivity index (χ0v) is 13.5. The Balaban J connectivity index is 2.35. The van der Waals surface area contributed by atoms with Gasteiger partial charge in [-0.15, -0.1) is 0 Å². The Hall–Kier alpha value is -0.810. The molecule has 2 amide bonds. The maximum atomic E-state index is 12.2. The topological polar surface area (TPSA) is 55.8 Å². The molecule has 2 N–H and O–H groups in total. The fourth-order valence-corrected chi connectivity index (χ4v) is 2.63. The van der Waals surface area contributed by atoms with Crippen LogP contribution in [0.15, 0.2) is 0 Å². The molecule has 0 aromatic rings. The number of nitrogens with zero attached hydrogens (tertiary/aromatic N) is 2. The first-order valence-electron chi connectivity index (χ1n) is 7.73. The largest absolute Gasteiger partial charge is 0.396 e. The average molecular weight is 285 g/mol. The Morgan fingerprint density at radius 2 is 2.00 bits per heavy atom. The Labute approximate surface area is 123 Å². The number of hydrogen-bond acceptors (Lipinski definition) is 3. The molecule has 0 radical (unpaired) electrons. The molecule has 5 heteroatoms. The lowest BCUT2D eigenvalue weighted by Gasteiger charge is -2.40. The van der Waals surface area contributed by atoms with Crippen LogP contribution in [0.25, 0.3) is 0 Å². The van der Waals surface area contributed by atoms with E-state index >= 15 is 0 Å². The van der Waals surface area contributed by atoms with Gasteiger partial charge in [0.25, 0.3) is 0 Å². The first kappa shape index (κ1) is 17.2. The first-order valence-corrected chi connectivity index (χ1v) is 7.73. The van der Waals surface area contributed by atoms with Crippen molar-refractivity contribution in [3.05, 3.63) is 0 Å². The van der Waals surface area contributed by atoms with Crippen LogP contribution in [0, 0.1) is 5.41 Å². The van der Waals surface area contributed by atoms with Crippen LogP contribution < -0.4 is 5.32 Å². The van der Waals surface area contributed by atoms with Crippen LogP contribution in [-0.2, 0) is 0 Å². The predicted molar refractivity (Wildman–Crippen MR) is 81.8 cm³/mol. The molecule has 1 aliphatic heterocycles. The summed E-state index contributed by atoms with van der Waals surface area (Å²) in [6, 6.07) is 0.236. The summed E-state index contributed by atoms with van der Waals surface area (Å²) in [5, 5.41) is 12.6. The number of carbonyl (C=O) groups excluding carboxylic acids is 1. The zero-order chi connectivity index (χ0) is 15.2. The summed E-state index contributed by atoms with van der Waals surface area (Å²) in [7, 11) is 4.08. The third-order valence-electron chi connectivity index (χ3n) is 4.58. The molecule has 1 atom stereocenters. The van der Waals surface area contributed by atoms with Gasteiger partial charge in [0.15, 0.2) is 0 Å². The van der Waals surface area contributed by atoms with E-state index in [4.69, 9.17) is 0 Å². The van der Waals surface area contributed by atoms with Gasteiger partial charge in [0.05, 0.1) is 0 Å². The van der Waals surface area contributed by atoms with E-state index in [9.17, 15) is 9.90 Å². The highest BCUT2D eigenvalue weighted by Gasteiger charge is 2.33. The number of likely N-dealkylation sites (tertiary alicyclic amines) is 1. The third kappa shape index (κ3) is 4.94. The zero-order valence-electron chi connectivity index (χ0n) is 13.5. The van der Waals surface area contributed by atoms with Crippen LogP contribution in [0.5, 0.6) is 0 Å². The van der Waals surface area contributed by atoms with Crippen LogP contribution in [-0.4, -0.2) is 67.3 Å². The highest BCUT2D eigenvalue weighted by Crippen LogP contribution is 2.34. The number of urea groups is 1. The maximum Gasteiger partial charge on any atom is 0.317 e. The van der Waals surface area contributed by atoms with Crippen molar-refractivity contribution in [1.82, 2.24) is 15.1 Å². The number of piperidine rings is 1. The van der Waals surface area contributed by atoms with E-state index in [1.54, 1.807) is 0 Å². The van der Waals surface area contributed by atoms with E-state index in [2.05, 4.69) is 24.1 Å². The van der Waals surface area contributed by atoms with Crippen molar-refractivity contribution >= 4 is 6.03 Å². The quantitative estimate of drug-likeness (QED) is 0.778. The second kappa shape index (κ2) is 7.84. The van der Waals surface area contributed by atoms with E-state index < -0.39 is 0 Å². The predicted octanol–water partition coefficient (Wildman–Crippen LogP) is 1.52. The number of aliphatic hydroxyl groups excluding tert-OH is 1. The van der Waals surface area contributed by atoms with E-state index in [-0.39, 0.29) is 24.1 Å². The number of hydrogen-bond donors (Lipinski definition) is 2. The molecular formula is C15H31N3O2. The molecule has 5 nitrogen and oxygen atoms in total. The number of rotatable bonds is 6. The molecule has 20 heavy (non-hydrogen) atoms. The summed E-state index contributed by atoms with van der Waals surface area (Å²) in [6.07, 6.45) is 3.75. The number of aliphatic hydroxyl groups is 1. The smallest absolute Gasteiger partial charge is 0.317 e. The minimum Gasteiger partial charge on any atom is -0.396 e. The van der Waals surface area contributed by atoms with E-state index in [1.807, 2.05) is 19.0 Å². The van der Waals surface area contributed by atoms with Crippen LogP contribution in [0.3, 0.4) is 0 Å². The molecule has 1 fully saturated rings. The van der Waals surface area contributed by atoms with Gasteiger partial charge in [0.2, 0.25) is 0 Å². The van der Waals surface area contributed by atoms with Crippen molar-refractivity contribution in [2.24, 2.45) is 5.41 Å². The summed E-state index contributed by atoms with van der Waals surface area (Å²) < 4.78 is 0. The molecule has 0 saturated carbocycles. The van der Waals surface area contributed by atoms with Crippen molar-refractivity contribution in [3.63, 3.8) is 0 Å². The first-order chi connectivity index (χ1) is 9.42. The second-order valence-corrected chi connectivity index (χ2v) is 6.44. The fourth-order valence-electron chi connectivity index (χ4n) is 2.63. The van der Waals surface area contributed by atoms with Crippen molar-refractivity contribution in [2.75, 3.05) is 40.3 Å². The van der Waals surface area contributed by atoms with Gasteiger partial charge in [-0.2, -0.15) is 0 Å². The van der Waals surface area contributed by atoms with Crippen molar-refractivity contribution < 1.29 is 9.90 Å². The maximum absolute atomic E-state index is 12.2. The molecule has 0 spiro atoms. The van der Waals surface area contributed by atoms with Crippen LogP contribution in [0.2, 0.25) is 0 Å². The molecule has 118 valence electrons. The highest BCUT2D eigenvalue weighted by molar-refractivity contribution is 5.74. The molecule has 0 aliphatic carbocycles. The Morgan fingerprint density at radius 3 is 2.45 bits per heavy atom. The van der Waals surface area contributed by atoms with E-state index in [0.29, 0.717) is 0 Å². The standard InChI is InChI=1S/C15H31N3O2/c1-5-15(12-19)7-10-18(11-8-15)14(20)16-13(2)6-9-17(3)4/h13,19H,5-12H2,1-4H3,(H,16,20). The van der Waals surface area contributed by atoms with E-state index in [0.717, 1.165) is 45.3 Å².